The van der Waals surface area contributed by atoms with Gasteiger partial charge >= 0.3 is 0 Å². The number of halogens is 2. The first-order valence-corrected chi connectivity index (χ1v) is 5.76. The maximum Gasteiger partial charge on any atom is 0.275 e. The normalized spacial score (nSPS) is 18.1. The summed E-state index contributed by atoms with van der Waals surface area (Å²) < 4.78 is 28.0. The van der Waals surface area contributed by atoms with Gasteiger partial charge in [0, 0.05) is 12.0 Å². The molecule has 17 heavy (non-hydrogen) atoms. The van der Waals surface area contributed by atoms with Crippen LogP contribution >= 0.6 is 0 Å². The number of aryl methyl sites for hydroxylation is 2. The third-order valence-corrected chi connectivity index (χ3v) is 3.33. The van der Waals surface area contributed by atoms with Crippen LogP contribution in [0.2, 0.25) is 0 Å². The molecule has 1 aromatic heterocycles. The SMILES string of the molecule is Cc1nc2c(c(C)c1C#N)C(F)(F)CCCC2. The van der Waals surface area contributed by atoms with Crippen LogP contribution in [-0.2, 0) is 12.3 Å². The van der Waals surface area contributed by atoms with E-state index in [0.717, 1.165) is 6.42 Å². The smallest absolute Gasteiger partial charge is 0.256 e. The van der Waals surface area contributed by atoms with Crippen molar-refractivity contribution in [2.75, 3.05) is 0 Å². The lowest BCUT2D eigenvalue weighted by molar-refractivity contribution is -0.0146. The Labute approximate surface area is 99.3 Å². The predicted octanol–water partition coefficient (Wildman–Crippen LogP) is 3.39. The van der Waals surface area contributed by atoms with Crippen molar-refractivity contribution >= 4 is 0 Å². The zero-order chi connectivity index (χ0) is 12.6. The van der Waals surface area contributed by atoms with Gasteiger partial charge in [-0.25, -0.2) is 8.78 Å². The van der Waals surface area contributed by atoms with Gasteiger partial charge in [-0.05, 0) is 38.7 Å². The van der Waals surface area contributed by atoms with Crippen LogP contribution < -0.4 is 0 Å². The summed E-state index contributed by atoms with van der Waals surface area (Å²) in [6.45, 7) is 3.31. The van der Waals surface area contributed by atoms with Crippen molar-refractivity contribution < 1.29 is 8.78 Å². The summed E-state index contributed by atoms with van der Waals surface area (Å²) in [5.74, 6) is -2.85. The van der Waals surface area contributed by atoms with Gasteiger partial charge in [0.1, 0.15) is 6.07 Å². The summed E-state index contributed by atoms with van der Waals surface area (Å²) in [5.41, 5.74) is 1.73. The summed E-state index contributed by atoms with van der Waals surface area (Å²) in [6, 6.07) is 1.98. The van der Waals surface area contributed by atoms with Gasteiger partial charge in [0.15, 0.2) is 0 Å². The van der Waals surface area contributed by atoms with E-state index in [1.807, 2.05) is 6.07 Å². The fraction of sp³-hybridized carbons (Fsp3) is 0.538. The van der Waals surface area contributed by atoms with E-state index in [1.54, 1.807) is 13.8 Å². The largest absolute Gasteiger partial charge is 0.275 e. The molecule has 1 aliphatic carbocycles. The van der Waals surface area contributed by atoms with Gasteiger partial charge in [0.05, 0.1) is 17.0 Å². The van der Waals surface area contributed by atoms with Crippen LogP contribution in [0.15, 0.2) is 0 Å². The van der Waals surface area contributed by atoms with Gasteiger partial charge < -0.3 is 0 Å². The Balaban J connectivity index is 2.74. The Morgan fingerprint density at radius 2 is 2.00 bits per heavy atom. The second kappa shape index (κ2) is 4.06. The molecule has 1 heterocycles. The van der Waals surface area contributed by atoms with Gasteiger partial charge in [-0.15, -0.1) is 0 Å². The predicted molar refractivity (Wildman–Crippen MR) is 59.9 cm³/mol. The highest BCUT2D eigenvalue weighted by atomic mass is 19.3. The van der Waals surface area contributed by atoms with Crippen molar-refractivity contribution in [3.05, 3.63) is 28.1 Å². The second-order valence-electron chi connectivity index (χ2n) is 4.54. The zero-order valence-electron chi connectivity index (χ0n) is 9.98. The summed E-state index contributed by atoms with van der Waals surface area (Å²) in [5, 5.41) is 9.01. The molecule has 0 saturated carbocycles. The maximum atomic E-state index is 14.0. The number of hydrogen-bond acceptors (Lipinski definition) is 2. The molecule has 2 rings (SSSR count). The molecule has 0 spiro atoms. The van der Waals surface area contributed by atoms with E-state index in [0.29, 0.717) is 35.4 Å². The van der Waals surface area contributed by atoms with Crippen LogP contribution in [0, 0.1) is 25.2 Å². The van der Waals surface area contributed by atoms with E-state index >= 15 is 0 Å². The van der Waals surface area contributed by atoms with Crippen LogP contribution in [0.25, 0.3) is 0 Å². The number of alkyl halides is 2. The third kappa shape index (κ3) is 1.90. The lowest BCUT2D eigenvalue weighted by Gasteiger charge is -2.20. The van der Waals surface area contributed by atoms with Crippen molar-refractivity contribution in [3.63, 3.8) is 0 Å². The number of hydrogen-bond donors (Lipinski definition) is 0. The topological polar surface area (TPSA) is 36.7 Å². The number of fused-ring (bicyclic) bond motifs is 1. The Morgan fingerprint density at radius 3 is 2.65 bits per heavy atom. The van der Waals surface area contributed by atoms with Crippen molar-refractivity contribution in [3.8, 4) is 6.07 Å². The van der Waals surface area contributed by atoms with E-state index < -0.39 is 5.92 Å². The number of pyridine rings is 1. The fourth-order valence-corrected chi connectivity index (χ4v) is 2.52. The molecule has 0 fully saturated rings. The standard InChI is InChI=1S/C13H14F2N2/c1-8-10(7-16)9(2)17-11-5-3-4-6-13(14,15)12(8)11/h3-6H2,1-2H3. The Hall–Kier alpha value is -1.50. The molecular formula is C13H14F2N2. The number of rotatable bonds is 0. The molecule has 1 aromatic rings. The van der Waals surface area contributed by atoms with Crippen molar-refractivity contribution in [2.24, 2.45) is 0 Å². The molecule has 0 aromatic carbocycles. The van der Waals surface area contributed by atoms with Crippen LogP contribution in [0.1, 0.15) is 47.3 Å². The van der Waals surface area contributed by atoms with E-state index in [9.17, 15) is 8.78 Å². The van der Waals surface area contributed by atoms with Gasteiger partial charge in [-0.3, -0.25) is 4.98 Å². The Morgan fingerprint density at radius 1 is 1.29 bits per heavy atom. The Kier molecular flexibility index (Phi) is 2.86. The highest BCUT2D eigenvalue weighted by Crippen LogP contribution is 2.41. The van der Waals surface area contributed by atoms with Crippen LogP contribution in [0.3, 0.4) is 0 Å². The molecule has 0 N–H and O–H groups in total. The number of nitrogens with zero attached hydrogens (tertiary/aromatic N) is 2. The zero-order valence-corrected chi connectivity index (χ0v) is 9.98. The van der Waals surface area contributed by atoms with Crippen molar-refractivity contribution in [2.45, 2.75) is 45.5 Å². The first kappa shape index (κ1) is 12.0. The molecule has 90 valence electrons. The summed E-state index contributed by atoms with van der Waals surface area (Å²) >= 11 is 0. The van der Waals surface area contributed by atoms with Crippen LogP contribution in [0.4, 0.5) is 8.78 Å². The molecule has 4 heteroatoms. The van der Waals surface area contributed by atoms with Crippen LogP contribution in [0.5, 0.6) is 0 Å². The molecule has 0 radical (unpaired) electrons. The highest BCUT2D eigenvalue weighted by molar-refractivity contribution is 5.48. The number of aromatic nitrogens is 1. The molecular weight excluding hydrogens is 222 g/mol. The van der Waals surface area contributed by atoms with Crippen molar-refractivity contribution in [1.82, 2.24) is 4.98 Å². The lowest BCUT2D eigenvalue weighted by Crippen LogP contribution is -2.18. The summed E-state index contributed by atoms with van der Waals surface area (Å²) in [7, 11) is 0. The first-order valence-electron chi connectivity index (χ1n) is 5.76. The van der Waals surface area contributed by atoms with E-state index in [2.05, 4.69) is 4.98 Å². The fourth-order valence-electron chi connectivity index (χ4n) is 2.52. The van der Waals surface area contributed by atoms with E-state index in [4.69, 9.17) is 5.26 Å². The molecule has 0 aliphatic heterocycles. The summed E-state index contributed by atoms with van der Waals surface area (Å²) in [6.07, 6.45) is 1.68. The highest BCUT2D eigenvalue weighted by Gasteiger charge is 2.38. The molecule has 1 aliphatic rings. The number of nitriles is 1. The minimum absolute atomic E-state index is 0.00264. The lowest BCUT2D eigenvalue weighted by atomic mass is 9.95. The van der Waals surface area contributed by atoms with Crippen LogP contribution in [-0.4, -0.2) is 4.98 Å². The minimum Gasteiger partial charge on any atom is -0.256 e. The second-order valence-corrected chi connectivity index (χ2v) is 4.54. The van der Waals surface area contributed by atoms with Crippen molar-refractivity contribution in [1.29, 1.82) is 5.26 Å². The third-order valence-electron chi connectivity index (χ3n) is 3.33. The molecule has 0 unspecified atom stereocenters. The Bertz CT molecular complexity index is 501. The summed E-state index contributed by atoms with van der Waals surface area (Å²) in [4.78, 5) is 4.20. The van der Waals surface area contributed by atoms with Gasteiger partial charge in [-0.1, -0.05) is 0 Å². The molecule has 0 bridgehead atoms. The molecule has 0 amide bonds. The first-order chi connectivity index (χ1) is 7.97. The molecule has 0 atom stereocenters. The molecule has 0 saturated heterocycles. The molecule has 2 nitrogen and oxygen atoms in total. The minimum atomic E-state index is -2.85. The van der Waals surface area contributed by atoms with E-state index in [1.165, 1.54) is 0 Å². The average Bonchev–Trinajstić information content (AvgIpc) is 2.37. The van der Waals surface area contributed by atoms with Gasteiger partial charge in [-0.2, -0.15) is 5.26 Å². The monoisotopic (exact) mass is 236 g/mol. The van der Waals surface area contributed by atoms with Gasteiger partial charge in [0.2, 0.25) is 0 Å². The van der Waals surface area contributed by atoms with Gasteiger partial charge in [0.25, 0.3) is 5.92 Å². The van der Waals surface area contributed by atoms with E-state index in [-0.39, 0.29) is 12.0 Å². The average molecular weight is 236 g/mol. The quantitative estimate of drug-likeness (QED) is 0.647. The maximum absolute atomic E-state index is 14.0.